The Morgan fingerprint density at radius 2 is 1.79 bits per heavy atom. The van der Waals surface area contributed by atoms with Gasteiger partial charge >= 0.3 is 12.7 Å². The highest BCUT2D eigenvalue weighted by Crippen LogP contribution is 2.31. The summed E-state index contributed by atoms with van der Waals surface area (Å²) in [5, 5.41) is 0. The lowest BCUT2D eigenvalue weighted by atomic mass is 10.2. The van der Waals surface area contributed by atoms with Crippen molar-refractivity contribution in [2.24, 2.45) is 0 Å². The number of rotatable bonds is 5. The number of benzene rings is 2. The SMILES string of the molecule is CN(Cc1nc2ccccc2n1C(F)F)S(=O)(=O)c1cccc(C(F)(F)F)c1. The summed E-state index contributed by atoms with van der Waals surface area (Å²) in [6, 6.07) is 9.28. The number of hydrogen-bond acceptors (Lipinski definition) is 3. The standard InChI is InChI=1S/C17H14F5N3O2S/c1-24(28(26,27)12-6-4-5-11(9-12)17(20,21)22)10-15-23-13-7-2-3-8-14(13)25(15)16(18)19/h2-9,16H,10H2,1H3. The minimum atomic E-state index is -4.71. The highest BCUT2D eigenvalue weighted by atomic mass is 32.2. The number of sulfonamides is 1. The van der Waals surface area contributed by atoms with Crippen LogP contribution in [0.25, 0.3) is 11.0 Å². The maximum absolute atomic E-state index is 13.5. The van der Waals surface area contributed by atoms with Gasteiger partial charge in [-0.25, -0.2) is 13.4 Å². The molecule has 0 aliphatic heterocycles. The van der Waals surface area contributed by atoms with Gasteiger partial charge in [-0.05, 0) is 30.3 Å². The number of para-hydroxylation sites is 2. The number of imidazole rings is 1. The van der Waals surface area contributed by atoms with Gasteiger partial charge in [0.25, 0.3) is 0 Å². The second-order valence-corrected chi connectivity index (χ2v) is 8.00. The summed E-state index contributed by atoms with van der Waals surface area (Å²) in [5.41, 5.74) is -0.748. The second kappa shape index (κ2) is 7.13. The molecular weight excluding hydrogens is 405 g/mol. The lowest BCUT2D eigenvalue weighted by Gasteiger charge is -2.18. The Morgan fingerprint density at radius 1 is 1.11 bits per heavy atom. The first-order valence-electron chi connectivity index (χ1n) is 7.89. The number of halogens is 5. The molecule has 0 unspecified atom stereocenters. The van der Waals surface area contributed by atoms with Gasteiger partial charge in [0.2, 0.25) is 10.0 Å². The van der Waals surface area contributed by atoms with E-state index in [-0.39, 0.29) is 16.9 Å². The van der Waals surface area contributed by atoms with Crippen LogP contribution >= 0.6 is 0 Å². The van der Waals surface area contributed by atoms with Crippen LogP contribution in [0.1, 0.15) is 17.9 Å². The Bertz CT molecular complexity index is 1110. The molecule has 150 valence electrons. The van der Waals surface area contributed by atoms with Crippen LogP contribution in [0.5, 0.6) is 0 Å². The molecule has 0 aliphatic carbocycles. The maximum atomic E-state index is 13.5. The summed E-state index contributed by atoms with van der Waals surface area (Å²) in [6.07, 6.45) is -4.71. The van der Waals surface area contributed by atoms with Crippen LogP contribution < -0.4 is 0 Å². The summed E-state index contributed by atoms with van der Waals surface area (Å²) in [6.45, 7) is -3.51. The zero-order valence-electron chi connectivity index (χ0n) is 14.4. The van der Waals surface area contributed by atoms with Crippen LogP contribution in [0, 0.1) is 0 Å². The average Bonchev–Trinajstić information content (AvgIpc) is 2.99. The molecule has 0 saturated carbocycles. The van der Waals surface area contributed by atoms with Gasteiger partial charge in [-0.15, -0.1) is 0 Å². The molecule has 1 aromatic heterocycles. The molecule has 0 N–H and O–H groups in total. The van der Waals surface area contributed by atoms with E-state index in [1.165, 1.54) is 18.2 Å². The average molecular weight is 419 g/mol. The fraction of sp³-hybridized carbons (Fsp3) is 0.235. The van der Waals surface area contributed by atoms with Crippen molar-refractivity contribution in [2.75, 3.05) is 7.05 Å². The fourth-order valence-electron chi connectivity index (χ4n) is 2.72. The molecule has 28 heavy (non-hydrogen) atoms. The van der Waals surface area contributed by atoms with Crippen molar-refractivity contribution < 1.29 is 30.4 Å². The largest absolute Gasteiger partial charge is 0.416 e. The number of fused-ring (bicyclic) bond motifs is 1. The van der Waals surface area contributed by atoms with E-state index in [1.807, 2.05) is 0 Å². The summed E-state index contributed by atoms with van der Waals surface area (Å²) < 4.78 is 92.1. The Balaban J connectivity index is 1.98. The maximum Gasteiger partial charge on any atom is 0.416 e. The van der Waals surface area contributed by atoms with E-state index in [0.29, 0.717) is 14.9 Å². The van der Waals surface area contributed by atoms with Gasteiger partial charge in [0.1, 0.15) is 5.82 Å². The molecule has 5 nitrogen and oxygen atoms in total. The first kappa shape index (κ1) is 20.2. The zero-order valence-corrected chi connectivity index (χ0v) is 15.2. The van der Waals surface area contributed by atoms with Gasteiger partial charge < -0.3 is 0 Å². The number of alkyl halides is 5. The second-order valence-electron chi connectivity index (χ2n) is 5.95. The number of hydrogen-bond donors (Lipinski definition) is 0. The molecule has 0 aliphatic rings. The highest BCUT2D eigenvalue weighted by Gasteiger charge is 2.33. The molecule has 1 heterocycles. The van der Waals surface area contributed by atoms with Crippen LogP contribution in [0.15, 0.2) is 53.4 Å². The predicted octanol–water partition coefficient (Wildman–Crippen LogP) is 4.27. The summed E-state index contributed by atoms with van der Waals surface area (Å²) >= 11 is 0. The van der Waals surface area contributed by atoms with Crippen molar-refractivity contribution in [3.05, 3.63) is 59.9 Å². The van der Waals surface area contributed by atoms with Crippen molar-refractivity contribution in [1.82, 2.24) is 13.9 Å². The predicted molar refractivity (Wildman–Crippen MR) is 91.1 cm³/mol. The van der Waals surface area contributed by atoms with Crippen molar-refractivity contribution in [2.45, 2.75) is 24.2 Å². The topological polar surface area (TPSA) is 55.2 Å². The highest BCUT2D eigenvalue weighted by molar-refractivity contribution is 7.89. The molecule has 0 saturated heterocycles. The molecule has 3 aromatic rings. The molecule has 0 fully saturated rings. The quantitative estimate of drug-likeness (QED) is 0.581. The van der Waals surface area contributed by atoms with E-state index in [1.54, 1.807) is 6.07 Å². The normalized spacial score (nSPS) is 13.0. The van der Waals surface area contributed by atoms with Crippen LogP contribution in [0.2, 0.25) is 0 Å². The molecule has 0 bridgehead atoms. The lowest BCUT2D eigenvalue weighted by molar-refractivity contribution is -0.137. The summed E-state index contributed by atoms with van der Waals surface area (Å²) in [7, 11) is -3.28. The van der Waals surface area contributed by atoms with E-state index >= 15 is 0 Å². The molecule has 2 aromatic carbocycles. The third kappa shape index (κ3) is 3.72. The smallest absolute Gasteiger partial charge is 0.269 e. The molecule has 0 amide bonds. The Kier molecular flexibility index (Phi) is 5.15. The van der Waals surface area contributed by atoms with Crippen LogP contribution in [0.3, 0.4) is 0 Å². The summed E-state index contributed by atoms with van der Waals surface area (Å²) in [4.78, 5) is 3.44. The van der Waals surface area contributed by atoms with E-state index in [4.69, 9.17) is 0 Å². The monoisotopic (exact) mass is 419 g/mol. The molecule has 0 radical (unpaired) electrons. The zero-order chi connectivity index (χ0) is 20.7. The van der Waals surface area contributed by atoms with Crippen LogP contribution in [-0.4, -0.2) is 29.3 Å². The van der Waals surface area contributed by atoms with Gasteiger partial charge in [0, 0.05) is 7.05 Å². The molecule has 11 heteroatoms. The van der Waals surface area contributed by atoms with Gasteiger partial charge in [-0.2, -0.15) is 26.3 Å². The third-order valence-electron chi connectivity index (χ3n) is 4.10. The molecular formula is C17H14F5N3O2S. The van der Waals surface area contributed by atoms with Gasteiger partial charge in [-0.1, -0.05) is 18.2 Å². The minimum absolute atomic E-state index is 0.123. The Hall–Kier alpha value is -2.53. The van der Waals surface area contributed by atoms with Gasteiger partial charge in [-0.3, -0.25) is 4.57 Å². The van der Waals surface area contributed by atoms with Crippen molar-refractivity contribution in [1.29, 1.82) is 0 Å². The van der Waals surface area contributed by atoms with Gasteiger partial charge in [0.05, 0.1) is 28.0 Å². The number of aromatic nitrogens is 2. The Labute approximate surface area is 157 Å². The molecule has 3 rings (SSSR count). The van der Waals surface area contributed by atoms with E-state index in [2.05, 4.69) is 4.98 Å². The fourth-order valence-corrected chi connectivity index (χ4v) is 3.89. The first-order chi connectivity index (χ1) is 13.0. The van der Waals surface area contributed by atoms with Crippen LogP contribution in [0.4, 0.5) is 22.0 Å². The summed E-state index contributed by atoms with van der Waals surface area (Å²) in [5.74, 6) is -0.228. The van der Waals surface area contributed by atoms with Crippen LogP contribution in [-0.2, 0) is 22.7 Å². The lowest BCUT2D eigenvalue weighted by Crippen LogP contribution is -2.28. The molecule has 0 spiro atoms. The van der Waals surface area contributed by atoms with E-state index in [0.717, 1.165) is 25.2 Å². The van der Waals surface area contributed by atoms with Crippen molar-refractivity contribution in [3.8, 4) is 0 Å². The van der Waals surface area contributed by atoms with E-state index < -0.39 is 39.8 Å². The third-order valence-corrected chi connectivity index (χ3v) is 5.90. The Morgan fingerprint density at radius 3 is 2.43 bits per heavy atom. The minimum Gasteiger partial charge on any atom is -0.269 e. The van der Waals surface area contributed by atoms with Gasteiger partial charge in [0.15, 0.2) is 0 Å². The first-order valence-corrected chi connectivity index (χ1v) is 9.33. The molecule has 0 atom stereocenters. The van der Waals surface area contributed by atoms with Crippen molar-refractivity contribution in [3.63, 3.8) is 0 Å². The number of nitrogens with zero attached hydrogens (tertiary/aromatic N) is 3. The van der Waals surface area contributed by atoms with E-state index in [9.17, 15) is 30.4 Å². The van der Waals surface area contributed by atoms with Crippen molar-refractivity contribution >= 4 is 21.1 Å².